The molecule has 23 heavy (non-hydrogen) atoms. The number of sulfonamides is 1. The van der Waals surface area contributed by atoms with Crippen molar-refractivity contribution in [1.29, 1.82) is 0 Å². The van der Waals surface area contributed by atoms with E-state index >= 15 is 0 Å². The van der Waals surface area contributed by atoms with Crippen molar-refractivity contribution >= 4 is 27.6 Å². The highest BCUT2D eigenvalue weighted by Gasteiger charge is 2.20. The van der Waals surface area contributed by atoms with Crippen molar-refractivity contribution in [2.24, 2.45) is 0 Å². The lowest BCUT2D eigenvalue weighted by Gasteiger charge is -2.15. The van der Waals surface area contributed by atoms with Crippen LogP contribution in [0.4, 0.5) is 5.69 Å². The number of ether oxygens (including phenoxy) is 1. The number of rotatable bonds is 7. The highest BCUT2D eigenvalue weighted by molar-refractivity contribution is 7.89. The maximum atomic E-state index is 12.1. The molecular formula is C15H22N2O5S. The molecule has 0 aliphatic heterocycles. The molecule has 0 aromatic heterocycles. The summed E-state index contributed by atoms with van der Waals surface area (Å²) in [7, 11) is -0.732. The number of amides is 1. The summed E-state index contributed by atoms with van der Waals surface area (Å²) in [5, 5.41) is 2.54. The first-order valence-corrected chi connectivity index (χ1v) is 8.65. The van der Waals surface area contributed by atoms with Gasteiger partial charge in [-0.2, -0.15) is 0 Å². The van der Waals surface area contributed by atoms with Crippen molar-refractivity contribution in [2.45, 2.75) is 37.7 Å². The Morgan fingerprint density at radius 2 is 1.96 bits per heavy atom. The highest BCUT2D eigenvalue weighted by Crippen LogP contribution is 2.18. The SMILES string of the molecule is CCCC(=O)OC(C)C(=O)Nc1cccc(S(=O)(=O)N(C)C)c1. The number of nitrogens with zero attached hydrogens (tertiary/aromatic N) is 1. The second kappa shape index (κ2) is 8.07. The zero-order valence-corrected chi connectivity index (χ0v) is 14.5. The van der Waals surface area contributed by atoms with Crippen molar-refractivity contribution in [1.82, 2.24) is 4.31 Å². The third kappa shape index (κ3) is 5.33. The van der Waals surface area contributed by atoms with E-state index in [1.807, 2.05) is 6.92 Å². The van der Waals surface area contributed by atoms with Gasteiger partial charge in [0.05, 0.1) is 4.90 Å². The predicted octanol–water partition coefficient (Wildman–Crippen LogP) is 1.61. The van der Waals surface area contributed by atoms with E-state index in [0.717, 1.165) is 4.31 Å². The maximum absolute atomic E-state index is 12.1. The molecule has 0 fully saturated rings. The summed E-state index contributed by atoms with van der Waals surface area (Å²) in [6, 6.07) is 5.89. The Bertz CT molecular complexity index is 670. The van der Waals surface area contributed by atoms with Crippen LogP contribution in [0.2, 0.25) is 0 Å². The van der Waals surface area contributed by atoms with Crippen LogP contribution in [0.1, 0.15) is 26.7 Å². The Balaban J connectivity index is 2.82. The number of carbonyl (C=O) groups excluding carboxylic acids is 2. The Kier molecular flexibility index (Phi) is 6.71. The monoisotopic (exact) mass is 342 g/mol. The van der Waals surface area contributed by atoms with Crippen LogP contribution < -0.4 is 5.32 Å². The van der Waals surface area contributed by atoms with Crippen LogP contribution in [0.5, 0.6) is 0 Å². The molecule has 1 unspecified atom stereocenters. The average molecular weight is 342 g/mol. The maximum Gasteiger partial charge on any atom is 0.306 e. The lowest BCUT2D eigenvalue weighted by atomic mass is 10.3. The molecule has 0 bridgehead atoms. The van der Waals surface area contributed by atoms with E-state index in [4.69, 9.17) is 4.74 Å². The molecule has 7 nitrogen and oxygen atoms in total. The highest BCUT2D eigenvalue weighted by atomic mass is 32.2. The van der Waals surface area contributed by atoms with Crippen molar-refractivity contribution in [3.8, 4) is 0 Å². The van der Waals surface area contributed by atoms with E-state index in [9.17, 15) is 18.0 Å². The third-order valence-corrected chi connectivity index (χ3v) is 4.82. The quantitative estimate of drug-likeness (QED) is 0.760. The van der Waals surface area contributed by atoms with Gasteiger partial charge < -0.3 is 10.1 Å². The lowest BCUT2D eigenvalue weighted by Crippen LogP contribution is -2.30. The second-order valence-electron chi connectivity index (χ2n) is 5.19. The van der Waals surface area contributed by atoms with Gasteiger partial charge >= 0.3 is 5.97 Å². The molecule has 0 saturated carbocycles. The summed E-state index contributed by atoms with van der Waals surface area (Å²) >= 11 is 0. The number of carbonyl (C=O) groups is 2. The number of anilines is 1. The molecular weight excluding hydrogens is 320 g/mol. The smallest absolute Gasteiger partial charge is 0.306 e. The number of benzene rings is 1. The standard InChI is InChI=1S/C15H22N2O5S/c1-5-7-14(18)22-11(2)15(19)16-12-8-6-9-13(10-12)23(20,21)17(3)4/h6,8-11H,5,7H2,1-4H3,(H,16,19). The van der Waals surface area contributed by atoms with Crippen molar-refractivity contribution in [2.75, 3.05) is 19.4 Å². The van der Waals surface area contributed by atoms with Crippen LogP contribution in [0.3, 0.4) is 0 Å². The van der Waals surface area contributed by atoms with Gasteiger partial charge in [-0.3, -0.25) is 9.59 Å². The summed E-state index contributed by atoms with van der Waals surface area (Å²) in [6.07, 6.45) is -0.0747. The van der Waals surface area contributed by atoms with Gasteiger partial charge in [0.15, 0.2) is 6.10 Å². The summed E-state index contributed by atoms with van der Waals surface area (Å²) in [5.41, 5.74) is 0.316. The van der Waals surface area contributed by atoms with Gasteiger partial charge in [0.25, 0.3) is 5.91 Å². The van der Waals surface area contributed by atoms with Crippen LogP contribution in [0, 0.1) is 0 Å². The molecule has 1 N–H and O–H groups in total. The van der Waals surface area contributed by atoms with Crippen molar-refractivity contribution in [3.63, 3.8) is 0 Å². The van der Waals surface area contributed by atoms with Crippen LogP contribution in [0.25, 0.3) is 0 Å². The van der Waals surface area contributed by atoms with Gasteiger partial charge in [0.2, 0.25) is 10.0 Å². The van der Waals surface area contributed by atoms with E-state index in [2.05, 4.69) is 5.32 Å². The van der Waals surface area contributed by atoms with Gasteiger partial charge in [-0.25, -0.2) is 12.7 Å². The van der Waals surface area contributed by atoms with Crippen molar-refractivity contribution < 1.29 is 22.7 Å². The summed E-state index contributed by atoms with van der Waals surface area (Å²) in [5.74, 6) is -0.965. The molecule has 1 rings (SSSR count). The minimum Gasteiger partial charge on any atom is -0.453 e. The molecule has 0 aliphatic rings. The van der Waals surface area contributed by atoms with Crippen LogP contribution in [-0.2, 0) is 24.3 Å². The molecule has 1 aromatic carbocycles. The summed E-state index contributed by atoms with van der Waals surface area (Å²) < 4.78 is 30.2. The zero-order chi connectivity index (χ0) is 17.6. The van der Waals surface area contributed by atoms with Gasteiger partial charge in [0.1, 0.15) is 0 Å². The third-order valence-electron chi connectivity index (χ3n) is 3.01. The van der Waals surface area contributed by atoms with Crippen molar-refractivity contribution in [3.05, 3.63) is 24.3 Å². The molecule has 0 aliphatic carbocycles. The zero-order valence-electron chi connectivity index (χ0n) is 13.7. The van der Waals surface area contributed by atoms with Crippen LogP contribution >= 0.6 is 0 Å². The second-order valence-corrected chi connectivity index (χ2v) is 7.34. The average Bonchev–Trinajstić information content (AvgIpc) is 2.47. The van der Waals surface area contributed by atoms with E-state index < -0.39 is 28.0 Å². The Morgan fingerprint density at radius 1 is 1.30 bits per heavy atom. The van der Waals surface area contributed by atoms with Gasteiger partial charge in [-0.05, 0) is 31.5 Å². The molecule has 1 aromatic rings. The van der Waals surface area contributed by atoms with E-state index in [-0.39, 0.29) is 11.3 Å². The Hall–Kier alpha value is -1.93. The molecule has 0 spiro atoms. The van der Waals surface area contributed by atoms with E-state index in [1.165, 1.54) is 39.2 Å². The normalized spacial score (nSPS) is 12.7. The van der Waals surface area contributed by atoms with E-state index in [1.54, 1.807) is 6.07 Å². The fraction of sp³-hybridized carbons (Fsp3) is 0.467. The molecule has 1 atom stereocenters. The molecule has 0 saturated heterocycles. The van der Waals surface area contributed by atoms with Crippen LogP contribution in [-0.4, -0.2) is 44.8 Å². The van der Waals surface area contributed by atoms with Gasteiger partial charge in [-0.15, -0.1) is 0 Å². The summed E-state index contributed by atoms with van der Waals surface area (Å²) in [6.45, 7) is 3.30. The fourth-order valence-corrected chi connectivity index (χ4v) is 2.65. The molecule has 0 radical (unpaired) electrons. The molecule has 1 amide bonds. The largest absolute Gasteiger partial charge is 0.453 e. The first-order chi connectivity index (χ1) is 10.7. The number of esters is 1. The van der Waals surface area contributed by atoms with E-state index in [0.29, 0.717) is 12.1 Å². The predicted molar refractivity (Wildman–Crippen MR) is 86.4 cm³/mol. The Morgan fingerprint density at radius 3 is 2.52 bits per heavy atom. The number of hydrogen-bond donors (Lipinski definition) is 1. The first kappa shape index (κ1) is 19.1. The summed E-state index contributed by atoms with van der Waals surface area (Å²) in [4.78, 5) is 23.4. The topological polar surface area (TPSA) is 92.8 Å². The number of nitrogens with one attached hydrogen (secondary N) is 1. The fourth-order valence-electron chi connectivity index (χ4n) is 1.70. The first-order valence-electron chi connectivity index (χ1n) is 7.21. The Labute approximate surface area is 136 Å². The minimum atomic E-state index is -3.59. The number of hydrogen-bond acceptors (Lipinski definition) is 5. The lowest BCUT2D eigenvalue weighted by molar-refractivity contribution is -0.153. The molecule has 8 heteroatoms. The molecule has 128 valence electrons. The van der Waals surface area contributed by atoms with Gasteiger partial charge in [0, 0.05) is 26.2 Å². The van der Waals surface area contributed by atoms with Gasteiger partial charge in [-0.1, -0.05) is 13.0 Å². The van der Waals surface area contributed by atoms with Crippen LogP contribution in [0.15, 0.2) is 29.2 Å². The molecule has 0 heterocycles. The minimum absolute atomic E-state index is 0.0657.